The minimum Gasteiger partial charge on any atom is -0.487 e. The third-order valence-electron chi connectivity index (χ3n) is 3.94. The molecule has 0 aromatic carbocycles. The van der Waals surface area contributed by atoms with Crippen LogP contribution in [0.25, 0.3) is 0 Å². The average molecular weight is 252 g/mol. The van der Waals surface area contributed by atoms with Crippen LogP contribution in [0.4, 0.5) is 4.39 Å². The minimum absolute atomic E-state index is 0.194. The largest absolute Gasteiger partial charge is 0.487 e. The van der Waals surface area contributed by atoms with Crippen LogP contribution >= 0.6 is 0 Å². The molecule has 18 heavy (non-hydrogen) atoms. The smallest absolute Gasteiger partial charge is 0.255 e. The number of likely N-dealkylation sites (tertiary alicyclic amines) is 1. The molecule has 0 bridgehead atoms. The van der Waals surface area contributed by atoms with Crippen molar-refractivity contribution in [2.24, 2.45) is 0 Å². The van der Waals surface area contributed by atoms with E-state index in [-0.39, 0.29) is 11.3 Å². The van der Waals surface area contributed by atoms with Crippen LogP contribution < -0.4 is 4.74 Å². The summed E-state index contributed by atoms with van der Waals surface area (Å²) >= 11 is 0. The molecule has 1 saturated heterocycles. The maximum absolute atomic E-state index is 13.3. The first-order chi connectivity index (χ1) is 8.54. The van der Waals surface area contributed by atoms with Gasteiger partial charge in [0, 0.05) is 24.3 Å². The van der Waals surface area contributed by atoms with E-state index < -0.39 is 5.95 Å². The Morgan fingerprint density at radius 2 is 2.33 bits per heavy atom. The molecule has 1 atom stereocenters. The fourth-order valence-electron chi connectivity index (χ4n) is 2.28. The lowest BCUT2D eigenvalue weighted by Gasteiger charge is -2.50. The molecule has 1 fully saturated rings. The minimum atomic E-state index is -0.530. The van der Waals surface area contributed by atoms with Gasteiger partial charge < -0.3 is 4.74 Å². The first-order valence-corrected chi connectivity index (χ1v) is 6.54. The Hall–Kier alpha value is -1.16. The van der Waals surface area contributed by atoms with Crippen LogP contribution in [0.1, 0.15) is 33.6 Å². The van der Waals surface area contributed by atoms with E-state index in [1.54, 1.807) is 12.1 Å². The maximum atomic E-state index is 13.3. The number of nitrogens with zero attached hydrogens (tertiary/aromatic N) is 2. The third kappa shape index (κ3) is 2.64. The molecule has 100 valence electrons. The van der Waals surface area contributed by atoms with E-state index >= 15 is 0 Å². The third-order valence-corrected chi connectivity index (χ3v) is 3.94. The van der Waals surface area contributed by atoms with Gasteiger partial charge in [-0.3, -0.25) is 4.90 Å². The van der Waals surface area contributed by atoms with Crippen molar-refractivity contribution in [3.63, 3.8) is 0 Å². The lowest BCUT2D eigenvalue weighted by molar-refractivity contribution is -0.0317. The molecule has 0 aliphatic carbocycles. The van der Waals surface area contributed by atoms with Crippen LogP contribution in [-0.4, -0.2) is 34.6 Å². The van der Waals surface area contributed by atoms with Crippen molar-refractivity contribution in [1.29, 1.82) is 0 Å². The predicted molar refractivity (Wildman–Crippen MR) is 69.2 cm³/mol. The molecule has 1 aromatic rings. The van der Waals surface area contributed by atoms with Gasteiger partial charge in [-0.05, 0) is 38.8 Å². The van der Waals surface area contributed by atoms with E-state index in [4.69, 9.17) is 4.74 Å². The second-order valence-electron chi connectivity index (χ2n) is 5.41. The van der Waals surface area contributed by atoms with Gasteiger partial charge in [0.25, 0.3) is 5.95 Å². The number of rotatable bonds is 5. The molecule has 0 unspecified atom stereocenters. The maximum Gasteiger partial charge on any atom is 0.255 e. The van der Waals surface area contributed by atoms with Gasteiger partial charge >= 0.3 is 0 Å². The highest BCUT2D eigenvalue weighted by atomic mass is 19.1. The zero-order valence-electron chi connectivity index (χ0n) is 11.3. The van der Waals surface area contributed by atoms with Gasteiger partial charge in [-0.1, -0.05) is 6.92 Å². The van der Waals surface area contributed by atoms with E-state index in [9.17, 15) is 4.39 Å². The first kappa shape index (κ1) is 13.3. The van der Waals surface area contributed by atoms with E-state index in [1.165, 1.54) is 6.20 Å². The SMILES string of the molecule is CCC(C)(C)N1CC[C@@H]1COc1cccnc1F. The van der Waals surface area contributed by atoms with Gasteiger partial charge in [0.2, 0.25) is 0 Å². The summed E-state index contributed by atoms with van der Waals surface area (Å²) in [6.45, 7) is 8.31. The molecule has 0 spiro atoms. The second-order valence-corrected chi connectivity index (χ2v) is 5.41. The van der Waals surface area contributed by atoms with Crippen LogP contribution in [0.3, 0.4) is 0 Å². The zero-order valence-corrected chi connectivity index (χ0v) is 11.3. The molecule has 4 heteroatoms. The van der Waals surface area contributed by atoms with Gasteiger partial charge in [0.05, 0.1) is 0 Å². The van der Waals surface area contributed by atoms with Crippen LogP contribution in [0.15, 0.2) is 18.3 Å². The van der Waals surface area contributed by atoms with E-state index in [2.05, 4.69) is 30.7 Å². The summed E-state index contributed by atoms with van der Waals surface area (Å²) in [6.07, 6.45) is 3.65. The monoisotopic (exact) mass is 252 g/mol. The fourth-order valence-corrected chi connectivity index (χ4v) is 2.28. The van der Waals surface area contributed by atoms with Crippen molar-refractivity contribution in [3.05, 3.63) is 24.3 Å². The summed E-state index contributed by atoms with van der Waals surface area (Å²) < 4.78 is 18.8. The molecular formula is C14H21FN2O. The fraction of sp³-hybridized carbons (Fsp3) is 0.643. The average Bonchev–Trinajstić information content (AvgIpc) is 2.30. The summed E-state index contributed by atoms with van der Waals surface area (Å²) in [5.74, 6) is -0.281. The summed E-state index contributed by atoms with van der Waals surface area (Å²) in [4.78, 5) is 6.01. The van der Waals surface area contributed by atoms with Crippen molar-refractivity contribution in [2.75, 3.05) is 13.2 Å². The summed E-state index contributed by atoms with van der Waals surface area (Å²) in [6, 6.07) is 3.70. The summed E-state index contributed by atoms with van der Waals surface area (Å²) in [5.41, 5.74) is 0.194. The zero-order chi connectivity index (χ0) is 13.2. The second kappa shape index (κ2) is 5.22. The molecule has 3 nitrogen and oxygen atoms in total. The van der Waals surface area contributed by atoms with Gasteiger partial charge in [0.15, 0.2) is 5.75 Å². The molecule has 1 aliphatic heterocycles. The molecule has 0 radical (unpaired) electrons. The predicted octanol–water partition coefficient (Wildman–Crippen LogP) is 2.86. The molecule has 0 amide bonds. The van der Waals surface area contributed by atoms with Crippen LogP contribution in [0.5, 0.6) is 5.75 Å². The molecular weight excluding hydrogens is 231 g/mol. The van der Waals surface area contributed by atoms with E-state index in [0.29, 0.717) is 12.6 Å². The molecule has 0 N–H and O–H groups in total. The first-order valence-electron chi connectivity index (χ1n) is 6.54. The Morgan fingerprint density at radius 1 is 1.56 bits per heavy atom. The number of hydrogen-bond acceptors (Lipinski definition) is 3. The van der Waals surface area contributed by atoms with Crippen LogP contribution in [0, 0.1) is 5.95 Å². The van der Waals surface area contributed by atoms with Gasteiger partial charge in [-0.25, -0.2) is 4.98 Å². The van der Waals surface area contributed by atoms with Gasteiger partial charge in [-0.15, -0.1) is 0 Å². The van der Waals surface area contributed by atoms with Gasteiger partial charge in [0.1, 0.15) is 6.61 Å². The van der Waals surface area contributed by atoms with Gasteiger partial charge in [-0.2, -0.15) is 4.39 Å². The lowest BCUT2D eigenvalue weighted by atomic mass is 9.90. The quantitative estimate of drug-likeness (QED) is 0.753. The molecule has 2 rings (SSSR count). The standard InChI is InChI=1S/C14H21FN2O/c1-4-14(2,3)17-9-7-11(17)10-18-12-6-5-8-16-13(12)15/h5-6,8,11H,4,7,9-10H2,1-3H3/t11-/m1/s1. The van der Waals surface area contributed by atoms with Crippen molar-refractivity contribution in [3.8, 4) is 5.75 Å². The highest BCUT2D eigenvalue weighted by Gasteiger charge is 2.38. The Labute approximate surface area is 108 Å². The normalized spacial score (nSPS) is 20.6. The number of ether oxygens (including phenoxy) is 1. The van der Waals surface area contributed by atoms with E-state index in [0.717, 1.165) is 19.4 Å². The number of halogens is 1. The number of hydrogen-bond donors (Lipinski definition) is 0. The molecule has 2 heterocycles. The number of pyridine rings is 1. The van der Waals surface area contributed by atoms with Crippen molar-refractivity contribution in [2.45, 2.75) is 45.2 Å². The van der Waals surface area contributed by atoms with E-state index in [1.807, 2.05) is 0 Å². The molecule has 0 saturated carbocycles. The highest BCUT2D eigenvalue weighted by molar-refractivity contribution is 5.18. The summed E-state index contributed by atoms with van der Waals surface area (Å²) in [7, 11) is 0. The Balaban J connectivity index is 1.90. The number of aromatic nitrogens is 1. The molecule has 1 aliphatic rings. The van der Waals surface area contributed by atoms with Crippen molar-refractivity contribution in [1.82, 2.24) is 9.88 Å². The molecule has 1 aromatic heterocycles. The Bertz CT molecular complexity index is 409. The van der Waals surface area contributed by atoms with Crippen molar-refractivity contribution < 1.29 is 9.13 Å². The Kier molecular flexibility index (Phi) is 3.85. The van der Waals surface area contributed by atoms with Crippen LogP contribution in [0.2, 0.25) is 0 Å². The highest BCUT2D eigenvalue weighted by Crippen LogP contribution is 2.30. The van der Waals surface area contributed by atoms with Crippen LogP contribution in [-0.2, 0) is 0 Å². The van der Waals surface area contributed by atoms with Crippen molar-refractivity contribution >= 4 is 0 Å². The lowest BCUT2D eigenvalue weighted by Crippen LogP contribution is -2.60. The summed E-state index contributed by atoms with van der Waals surface area (Å²) in [5, 5.41) is 0. The Morgan fingerprint density at radius 3 is 2.89 bits per heavy atom. The topological polar surface area (TPSA) is 25.4 Å².